The van der Waals surface area contributed by atoms with Gasteiger partial charge in [-0.15, -0.1) is 0 Å². The maximum atomic E-state index is 13.2. The first-order chi connectivity index (χ1) is 13.8. The molecule has 0 bridgehead atoms. The molecule has 29 heavy (non-hydrogen) atoms. The summed E-state index contributed by atoms with van der Waals surface area (Å²) in [6.45, 7) is 6.57. The predicted octanol–water partition coefficient (Wildman–Crippen LogP) is 3.79. The van der Waals surface area contributed by atoms with Crippen molar-refractivity contribution in [2.75, 3.05) is 13.1 Å². The number of aryl methyl sites for hydroxylation is 3. The maximum Gasteiger partial charge on any atom is 0.243 e. The highest BCUT2D eigenvalue weighted by molar-refractivity contribution is 7.89. The van der Waals surface area contributed by atoms with Gasteiger partial charge in [0, 0.05) is 13.1 Å². The second-order valence-corrected chi connectivity index (χ2v) is 9.52. The van der Waals surface area contributed by atoms with Crippen molar-refractivity contribution in [3.63, 3.8) is 0 Å². The first kappa shape index (κ1) is 19.8. The molecule has 7 heteroatoms. The van der Waals surface area contributed by atoms with Crippen molar-refractivity contribution in [1.82, 2.24) is 14.3 Å². The van der Waals surface area contributed by atoms with Crippen molar-refractivity contribution in [2.45, 2.75) is 44.6 Å². The molecule has 2 heterocycles. The van der Waals surface area contributed by atoms with Crippen molar-refractivity contribution in [1.29, 1.82) is 0 Å². The third kappa shape index (κ3) is 3.97. The number of benzene rings is 2. The number of aromatic nitrogens is 2. The summed E-state index contributed by atoms with van der Waals surface area (Å²) >= 11 is 0. The molecule has 2 aromatic carbocycles. The molecule has 0 unspecified atom stereocenters. The quantitative estimate of drug-likeness (QED) is 0.653. The highest BCUT2D eigenvalue weighted by Crippen LogP contribution is 2.28. The minimum Gasteiger partial charge on any atom is -0.473 e. The first-order valence-electron chi connectivity index (χ1n) is 9.81. The average molecular weight is 412 g/mol. The van der Waals surface area contributed by atoms with Gasteiger partial charge in [0.05, 0.1) is 22.1 Å². The monoisotopic (exact) mass is 411 g/mol. The number of sulfonamides is 1. The van der Waals surface area contributed by atoms with Crippen LogP contribution in [-0.4, -0.2) is 41.9 Å². The van der Waals surface area contributed by atoms with Gasteiger partial charge in [0.25, 0.3) is 0 Å². The molecule has 1 fully saturated rings. The first-order valence-corrected chi connectivity index (χ1v) is 11.2. The van der Waals surface area contributed by atoms with Gasteiger partial charge in [-0.3, -0.25) is 0 Å². The normalized spacial score (nSPS) is 16.2. The third-order valence-corrected chi connectivity index (χ3v) is 7.52. The number of rotatable bonds is 4. The molecule has 0 radical (unpaired) electrons. The lowest BCUT2D eigenvalue weighted by molar-refractivity contribution is 0.130. The summed E-state index contributed by atoms with van der Waals surface area (Å²) in [5.41, 5.74) is 4.28. The van der Waals surface area contributed by atoms with E-state index in [-0.39, 0.29) is 6.10 Å². The van der Waals surface area contributed by atoms with Crippen molar-refractivity contribution < 1.29 is 13.2 Å². The summed E-state index contributed by atoms with van der Waals surface area (Å²) in [5, 5.41) is 0. The van der Waals surface area contributed by atoms with E-state index in [2.05, 4.69) is 9.97 Å². The molecule has 0 saturated carbocycles. The van der Waals surface area contributed by atoms with Crippen LogP contribution in [0.4, 0.5) is 0 Å². The Balaban J connectivity index is 1.46. The summed E-state index contributed by atoms with van der Waals surface area (Å²) in [6, 6.07) is 11.5. The fraction of sp³-hybridized carbons (Fsp3) is 0.364. The van der Waals surface area contributed by atoms with Crippen molar-refractivity contribution in [3.8, 4) is 5.88 Å². The molecule has 152 valence electrons. The molecule has 0 N–H and O–H groups in total. The molecule has 6 nitrogen and oxygen atoms in total. The Bertz CT molecular complexity index is 1130. The summed E-state index contributed by atoms with van der Waals surface area (Å²) in [7, 11) is -3.52. The molecule has 0 spiro atoms. The fourth-order valence-electron chi connectivity index (χ4n) is 4.06. The fourth-order valence-corrected chi connectivity index (χ4v) is 5.94. The van der Waals surface area contributed by atoms with E-state index in [1.165, 1.54) is 0 Å². The van der Waals surface area contributed by atoms with Gasteiger partial charge in [-0.2, -0.15) is 4.31 Å². The van der Waals surface area contributed by atoms with E-state index in [4.69, 9.17) is 4.74 Å². The number of fused-ring (bicyclic) bond motifs is 1. The van der Waals surface area contributed by atoms with Crippen LogP contribution in [0.1, 0.15) is 29.5 Å². The molecule has 0 aliphatic carbocycles. The van der Waals surface area contributed by atoms with Crippen LogP contribution in [0.3, 0.4) is 0 Å². The number of piperidine rings is 1. The van der Waals surface area contributed by atoms with Gasteiger partial charge >= 0.3 is 0 Å². The zero-order valence-electron chi connectivity index (χ0n) is 16.9. The van der Waals surface area contributed by atoms with E-state index in [9.17, 15) is 8.42 Å². The summed E-state index contributed by atoms with van der Waals surface area (Å²) < 4.78 is 34.0. The van der Waals surface area contributed by atoms with Gasteiger partial charge in [-0.25, -0.2) is 18.4 Å². The smallest absolute Gasteiger partial charge is 0.243 e. The van der Waals surface area contributed by atoms with Crippen LogP contribution in [0.15, 0.2) is 47.5 Å². The second-order valence-electron chi connectivity index (χ2n) is 7.65. The van der Waals surface area contributed by atoms with E-state index < -0.39 is 10.0 Å². The summed E-state index contributed by atoms with van der Waals surface area (Å²) in [5.74, 6) is 0.482. The number of para-hydroxylation sites is 2. The number of hydrogen-bond donors (Lipinski definition) is 0. The molecule has 1 aliphatic rings. The molecule has 1 saturated heterocycles. The minimum atomic E-state index is -3.52. The van der Waals surface area contributed by atoms with E-state index in [0.29, 0.717) is 36.7 Å². The van der Waals surface area contributed by atoms with E-state index >= 15 is 0 Å². The van der Waals surface area contributed by atoms with E-state index in [0.717, 1.165) is 27.7 Å². The topological polar surface area (TPSA) is 72.4 Å². The Hall–Kier alpha value is -2.51. The van der Waals surface area contributed by atoms with Crippen LogP contribution in [0.2, 0.25) is 0 Å². The molecule has 1 aliphatic heterocycles. The Kier molecular flexibility index (Phi) is 5.27. The van der Waals surface area contributed by atoms with Gasteiger partial charge in [0.1, 0.15) is 6.10 Å². The highest BCUT2D eigenvalue weighted by Gasteiger charge is 2.32. The standard InChI is InChI=1S/C22H25N3O3S/c1-15-12-16(2)22(17(3)13-15)29(26,27)25-10-8-18(9-11-25)28-21-14-23-19-6-4-5-7-20(19)24-21/h4-7,12-14,18H,8-11H2,1-3H3. The van der Waals surface area contributed by atoms with Gasteiger partial charge in [0.15, 0.2) is 0 Å². The predicted molar refractivity (Wildman–Crippen MR) is 113 cm³/mol. The van der Waals surface area contributed by atoms with Crippen LogP contribution in [-0.2, 0) is 10.0 Å². The Morgan fingerprint density at radius 2 is 1.62 bits per heavy atom. The summed E-state index contributed by atoms with van der Waals surface area (Å²) in [4.78, 5) is 9.31. The highest BCUT2D eigenvalue weighted by atomic mass is 32.2. The van der Waals surface area contributed by atoms with Crippen molar-refractivity contribution in [3.05, 3.63) is 59.3 Å². The lowest BCUT2D eigenvalue weighted by Crippen LogP contribution is -2.42. The molecular formula is C22H25N3O3S. The Labute approximate surface area is 171 Å². The molecule has 1 aromatic heterocycles. The number of hydrogen-bond acceptors (Lipinski definition) is 5. The molecule has 4 rings (SSSR count). The van der Waals surface area contributed by atoms with Gasteiger partial charge < -0.3 is 4.74 Å². The Morgan fingerprint density at radius 1 is 1.00 bits per heavy atom. The van der Waals surface area contributed by atoms with Crippen molar-refractivity contribution >= 4 is 21.1 Å². The molecule has 0 atom stereocenters. The lowest BCUT2D eigenvalue weighted by Gasteiger charge is -2.32. The zero-order chi connectivity index (χ0) is 20.6. The number of ether oxygens (including phenoxy) is 1. The van der Waals surface area contributed by atoms with E-state index in [1.807, 2.05) is 57.2 Å². The van der Waals surface area contributed by atoms with Crippen LogP contribution in [0, 0.1) is 20.8 Å². The van der Waals surface area contributed by atoms with Crippen LogP contribution in [0.5, 0.6) is 5.88 Å². The Morgan fingerprint density at radius 3 is 2.28 bits per heavy atom. The maximum absolute atomic E-state index is 13.2. The molecule has 0 amide bonds. The van der Waals surface area contributed by atoms with Crippen molar-refractivity contribution in [2.24, 2.45) is 0 Å². The zero-order valence-corrected chi connectivity index (χ0v) is 17.7. The largest absolute Gasteiger partial charge is 0.473 e. The lowest BCUT2D eigenvalue weighted by atomic mass is 10.1. The van der Waals surface area contributed by atoms with Crippen LogP contribution >= 0.6 is 0 Å². The van der Waals surface area contributed by atoms with Gasteiger partial charge in [-0.1, -0.05) is 29.8 Å². The SMILES string of the molecule is Cc1cc(C)c(S(=O)(=O)N2CCC(Oc3cnc4ccccc4n3)CC2)c(C)c1. The molecule has 3 aromatic rings. The second kappa shape index (κ2) is 7.72. The summed E-state index contributed by atoms with van der Waals surface area (Å²) in [6.07, 6.45) is 2.80. The van der Waals surface area contributed by atoms with E-state index in [1.54, 1.807) is 10.5 Å². The van der Waals surface area contributed by atoms with Gasteiger partial charge in [-0.05, 0) is 56.9 Å². The average Bonchev–Trinajstić information content (AvgIpc) is 2.67. The van der Waals surface area contributed by atoms with Gasteiger partial charge in [0.2, 0.25) is 15.9 Å². The minimum absolute atomic E-state index is 0.0721. The molecular weight excluding hydrogens is 386 g/mol. The third-order valence-electron chi connectivity index (χ3n) is 5.32. The van der Waals surface area contributed by atoms with Crippen LogP contribution in [0.25, 0.3) is 11.0 Å². The number of nitrogens with zero attached hydrogens (tertiary/aromatic N) is 3. The van der Waals surface area contributed by atoms with Crippen LogP contribution < -0.4 is 4.74 Å².